The van der Waals surface area contributed by atoms with E-state index in [1.165, 1.54) is 36.4 Å². The highest BCUT2D eigenvalue weighted by Crippen LogP contribution is 2.17. The van der Waals surface area contributed by atoms with E-state index in [2.05, 4.69) is 4.72 Å². The third-order valence-electron chi connectivity index (χ3n) is 2.95. The number of hydrogen-bond acceptors (Lipinski definition) is 3. The van der Waals surface area contributed by atoms with Crippen LogP contribution in [0.3, 0.4) is 0 Å². The van der Waals surface area contributed by atoms with Gasteiger partial charge >= 0.3 is 0 Å². The summed E-state index contributed by atoms with van der Waals surface area (Å²) in [5.41, 5.74) is 1.27. The minimum atomic E-state index is -3.69. The summed E-state index contributed by atoms with van der Waals surface area (Å²) in [6.07, 6.45) is 1.34. The van der Waals surface area contributed by atoms with Crippen LogP contribution in [0.1, 0.15) is 12.0 Å². The zero-order valence-corrected chi connectivity index (χ0v) is 12.1. The first-order chi connectivity index (χ1) is 10.0. The lowest BCUT2D eigenvalue weighted by atomic mass is 10.1. The maximum absolute atomic E-state index is 12.8. The normalized spacial score (nSPS) is 11.3. The molecule has 0 heterocycles. The lowest BCUT2D eigenvalue weighted by Crippen LogP contribution is -2.12. The number of rotatable bonds is 6. The van der Waals surface area contributed by atoms with Gasteiger partial charge in [0.1, 0.15) is 5.82 Å². The Morgan fingerprint density at radius 1 is 1.00 bits per heavy atom. The molecule has 2 aromatic carbocycles. The lowest BCUT2D eigenvalue weighted by molar-refractivity contribution is 0.288. The van der Waals surface area contributed by atoms with Gasteiger partial charge in [0.25, 0.3) is 10.0 Å². The smallest absolute Gasteiger partial charge is 0.261 e. The van der Waals surface area contributed by atoms with E-state index in [0.29, 0.717) is 18.5 Å². The van der Waals surface area contributed by atoms with E-state index in [4.69, 9.17) is 5.11 Å². The van der Waals surface area contributed by atoms with E-state index >= 15 is 0 Å². The van der Waals surface area contributed by atoms with Crippen molar-refractivity contribution in [2.24, 2.45) is 0 Å². The van der Waals surface area contributed by atoms with Crippen LogP contribution in [0.25, 0.3) is 0 Å². The molecule has 21 heavy (non-hydrogen) atoms. The Labute approximate surface area is 123 Å². The first kappa shape index (κ1) is 15.5. The van der Waals surface area contributed by atoms with E-state index in [9.17, 15) is 12.8 Å². The summed E-state index contributed by atoms with van der Waals surface area (Å²) >= 11 is 0. The molecule has 0 amide bonds. The fraction of sp³-hybridized carbons (Fsp3) is 0.200. The zero-order valence-electron chi connectivity index (χ0n) is 11.3. The van der Waals surface area contributed by atoms with Crippen molar-refractivity contribution in [1.82, 2.24) is 0 Å². The average molecular weight is 309 g/mol. The summed E-state index contributed by atoms with van der Waals surface area (Å²) in [6.45, 7) is 0.103. The molecule has 0 aliphatic rings. The van der Waals surface area contributed by atoms with Crippen LogP contribution >= 0.6 is 0 Å². The highest BCUT2D eigenvalue weighted by molar-refractivity contribution is 7.92. The molecule has 0 aliphatic heterocycles. The quantitative estimate of drug-likeness (QED) is 0.862. The Morgan fingerprint density at radius 3 is 2.19 bits per heavy atom. The monoisotopic (exact) mass is 309 g/mol. The number of aryl methyl sites for hydroxylation is 1. The van der Waals surface area contributed by atoms with E-state index in [-0.39, 0.29) is 11.5 Å². The van der Waals surface area contributed by atoms with Gasteiger partial charge in [0, 0.05) is 12.3 Å². The third kappa shape index (κ3) is 4.27. The summed E-state index contributed by atoms with van der Waals surface area (Å²) in [7, 11) is -3.69. The first-order valence-corrected chi connectivity index (χ1v) is 7.98. The van der Waals surface area contributed by atoms with Crippen molar-refractivity contribution in [2.75, 3.05) is 11.3 Å². The predicted molar refractivity (Wildman–Crippen MR) is 79.1 cm³/mol. The summed E-state index contributed by atoms with van der Waals surface area (Å²) in [5.74, 6) is -0.425. The maximum Gasteiger partial charge on any atom is 0.261 e. The van der Waals surface area contributed by atoms with Gasteiger partial charge in [0.2, 0.25) is 0 Å². The van der Waals surface area contributed by atoms with Gasteiger partial charge in [-0.2, -0.15) is 0 Å². The maximum atomic E-state index is 12.8. The van der Waals surface area contributed by atoms with Gasteiger partial charge in [0.15, 0.2) is 0 Å². The van der Waals surface area contributed by atoms with Gasteiger partial charge in [-0.25, -0.2) is 12.8 Å². The van der Waals surface area contributed by atoms with E-state index in [1.54, 1.807) is 12.1 Å². The highest BCUT2D eigenvalue weighted by Gasteiger charge is 2.13. The molecule has 2 rings (SSSR count). The largest absolute Gasteiger partial charge is 0.396 e. The molecular formula is C15H16FNO3S. The molecule has 0 aliphatic carbocycles. The van der Waals surface area contributed by atoms with Crippen LogP contribution in [-0.2, 0) is 16.4 Å². The van der Waals surface area contributed by atoms with Crippen molar-refractivity contribution >= 4 is 15.7 Å². The average Bonchev–Trinajstić information content (AvgIpc) is 2.48. The Morgan fingerprint density at radius 2 is 1.62 bits per heavy atom. The van der Waals surface area contributed by atoms with E-state index in [1.807, 2.05) is 0 Å². The number of anilines is 1. The summed E-state index contributed by atoms with van der Waals surface area (Å²) < 4.78 is 39.5. The van der Waals surface area contributed by atoms with Crippen molar-refractivity contribution in [3.63, 3.8) is 0 Å². The minimum absolute atomic E-state index is 0.103. The predicted octanol–water partition coefficient (Wildman–Crippen LogP) is 2.55. The van der Waals surface area contributed by atoms with Crippen LogP contribution in [0.2, 0.25) is 0 Å². The van der Waals surface area contributed by atoms with E-state index < -0.39 is 15.8 Å². The first-order valence-electron chi connectivity index (χ1n) is 6.49. The molecule has 6 heteroatoms. The zero-order chi connectivity index (χ0) is 15.3. The van der Waals surface area contributed by atoms with Crippen molar-refractivity contribution in [2.45, 2.75) is 17.7 Å². The topological polar surface area (TPSA) is 66.4 Å². The number of sulfonamides is 1. The van der Waals surface area contributed by atoms with Gasteiger partial charge in [0.05, 0.1) is 4.90 Å². The number of aliphatic hydroxyl groups excluding tert-OH is 1. The number of halogens is 1. The van der Waals surface area contributed by atoms with Crippen LogP contribution in [0, 0.1) is 5.82 Å². The Bertz CT molecular complexity index is 682. The molecule has 0 bridgehead atoms. The lowest BCUT2D eigenvalue weighted by Gasteiger charge is -2.08. The second-order valence-electron chi connectivity index (χ2n) is 4.58. The van der Waals surface area contributed by atoms with E-state index in [0.717, 1.165) is 5.56 Å². The number of aliphatic hydroxyl groups is 1. The fourth-order valence-corrected chi connectivity index (χ4v) is 2.91. The van der Waals surface area contributed by atoms with Gasteiger partial charge in [-0.15, -0.1) is 0 Å². The van der Waals surface area contributed by atoms with Gasteiger partial charge < -0.3 is 5.11 Å². The standard InChI is InChI=1S/C15H16FNO3S/c16-13-5-7-14(8-6-13)17-21(19,20)15-9-3-12(4-10-15)2-1-11-18/h3-10,17-18H,1-2,11H2. The molecule has 0 fully saturated rings. The van der Waals surface area contributed by atoms with Crippen LogP contribution < -0.4 is 4.72 Å². The van der Waals surface area contributed by atoms with Crippen molar-refractivity contribution in [1.29, 1.82) is 0 Å². The second-order valence-corrected chi connectivity index (χ2v) is 6.27. The van der Waals surface area contributed by atoms with Gasteiger partial charge in [-0.3, -0.25) is 4.72 Å². The van der Waals surface area contributed by atoms with Crippen LogP contribution in [0.15, 0.2) is 53.4 Å². The number of nitrogens with one attached hydrogen (secondary N) is 1. The van der Waals surface area contributed by atoms with Crippen LogP contribution in [-0.4, -0.2) is 20.1 Å². The highest BCUT2D eigenvalue weighted by atomic mass is 32.2. The molecule has 112 valence electrons. The summed E-state index contributed by atoms with van der Waals surface area (Å²) in [4.78, 5) is 0.138. The number of hydrogen-bond donors (Lipinski definition) is 2. The summed E-state index contributed by atoms with van der Waals surface area (Å²) in [6, 6.07) is 11.6. The molecular weight excluding hydrogens is 293 g/mol. The van der Waals surface area contributed by atoms with Crippen molar-refractivity contribution in [3.05, 3.63) is 59.9 Å². The Hall–Kier alpha value is -1.92. The third-order valence-corrected chi connectivity index (χ3v) is 4.35. The SMILES string of the molecule is O=S(=O)(Nc1ccc(F)cc1)c1ccc(CCCO)cc1. The molecule has 0 unspecified atom stereocenters. The molecule has 0 atom stereocenters. The van der Waals surface area contributed by atoms with Gasteiger partial charge in [-0.1, -0.05) is 12.1 Å². The Balaban J connectivity index is 2.13. The van der Waals surface area contributed by atoms with Crippen LogP contribution in [0.4, 0.5) is 10.1 Å². The Kier molecular flexibility index (Phi) is 4.93. The molecule has 0 aromatic heterocycles. The second kappa shape index (κ2) is 6.69. The van der Waals surface area contributed by atoms with Crippen molar-refractivity contribution in [3.8, 4) is 0 Å². The van der Waals surface area contributed by atoms with Crippen LogP contribution in [0.5, 0.6) is 0 Å². The fourth-order valence-electron chi connectivity index (χ4n) is 1.85. The number of benzene rings is 2. The molecule has 2 aromatic rings. The molecule has 0 saturated heterocycles. The molecule has 0 spiro atoms. The molecule has 0 radical (unpaired) electrons. The molecule has 0 saturated carbocycles. The summed E-state index contributed by atoms with van der Waals surface area (Å²) in [5, 5.41) is 8.76. The molecule has 2 N–H and O–H groups in total. The van der Waals surface area contributed by atoms with Gasteiger partial charge in [-0.05, 0) is 54.8 Å². The minimum Gasteiger partial charge on any atom is -0.396 e. The molecule has 4 nitrogen and oxygen atoms in total. The van der Waals surface area contributed by atoms with Crippen molar-refractivity contribution < 1.29 is 17.9 Å².